The van der Waals surface area contributed by atoms with Crippen LogP contribution >= 0.6 is 0 Å². The van der Waals surface area contributed by atoms with E-state index >= 15 is 0 Å². The Kier molecular flexibility index (Phi) is 6.79. The molecule has 4 aromatic rings. The minimum atomic E-state index is 0.563. The lowest BCUT2D eigenvalue weighted by Gasteiger charge is -2.27. The van der Waals surface area contributed by atoms with E-state index in [2.05, 4.69) is 57.3 Å². The Hall–Kier alpha value is -3.34. The van der Waals surface area contributed by atoms with Crippen LogP contribution in [0, 0.1) is 0 Å². The molecule has 10 heteroatoms. The number of benzene rings is 1. The Labute approximate surface area is 199 Å². The molecule has 2 N–H and O–H groups in total. The first-order valence-electron chi connectivity index (χ1n) is 11.8. The van der Waals surface area contributed by atoms with Crippen molar-refractivity contribution in [2.45, 2.75) is 13.5 Å². The number of H-pyrrole nitrogens is 1. The summed E-state index contributed by atoms with van der Waals surface area (Å²) in [6, 6.07) is 8.18. The highest BCUT2D eigenvalue weighted by Gasteiger charge is 2.19. The lowest BCUT2D eigenvalue weighted by Crippen LogP contribution is -2.37. The van der Waals surface area contributed by atoms with Gasteiger partial charge in [-0.15, -0.1) is 0 Å². The Bertz CT molecular complexity index is 1230. The quantitative estimate of drug-likeness (QED) is 0.366. The highest BCUT2D eigenvalue weighted by molar-refractivity contribution is 5.93. The van der Waals surface area contributed by atoms with Crippen LogP contribution in [0.25, 0.3) is 28.2 Å². The van der Waals surface area contributed by atoms with Crippen molar-refractivity contribution in [2.75, 3.05) is 57.9 Å². The predicted molar refractivity (Wildman–Crippen MR) is 132 cm³/mol. The molecule has 0 spiro atoms. The van der Waals surface area contributed by atoms with Gasteiger partial charge in [-0.05, 0) is 25.7 Å². The molecule has 10 nitrogen and oxygen atoms in total. The monoisotopic (exact) mass is 461 g/mol. The summed E-state index contributed by atoms with van der Waals surface area (Å²) in [6.07, 6.45) is 5.73. The molecule has 5 rings (SSSR count). The summed E-state index contributed by atoms with van der Waals surface area (Å²) in [6.45, 7) is 8.60. The third-order valence-electron chi connectivity index (χ3n) is 5.96. The predicted octanol–water partition coefficient (Wildman–Crippen LogP) is 2.08. The van der Waals surface area contributed by atoms with E-state index < -0.39 is 0 Å². The fraction of sp³-hybridized carbons (Fsp3) is 0.417. The zero-order valence-electron chi connectivity index (χ0n) is 19.7. The molecule has 0 unspecified atom stereocenters. The molecule has 0 bridgehead atoms. The summed E-state index contributed by atoms with van der Waals surface area (Å²) in [5.74, 6) is 1.87. The number of anilines is 1. The van der Waals surface area contributed by atoms with Crippen molar-refractivity contribution in [1.29, 1.82) is 0 Å². The lowest BCUT2D eigenvalue weighted by atomic mass is 10.1. The molecule has 1 aliphatic rings. The second-order valence-corrected chi connectivity index (χ2v) is 8.47. The first-order valence-corrected chi connectivity index (χ1v) is 11.8. The SMILES string of the molecule is CCNCCN(C)Cc1cn(-c2nc(-c3cccc4[nH]ccc34)nc(N3CCOCC3)n2)cn1. The van der Waals surface area contributed by atoms with Gasteiger partial charge in [0, 0.05) is 61.6 Å². The Morgan fingerprint density at radius 3 is 2.82 bits per heavy atom. The van der Waals surface area contributed by atoms with E-state index in [4.69, 9.17) is 19.7 Å². The number of aromatic nitrogens is 6. The van der Waals surface area contributed by atoms with Crippen molar-refractivity contribution < 1.29 is 4.74 Å². The number of imidazole rings is 1. The average molecular weight is 462 g/mol. The number of ether oxygens (including phenoxy) is 1. The molecule has 4 heterocycles. The van der Waals surface area contributed by atoms with Crippen LogP contribution in [0.5, 0.6) is 0 Å². The van der Waals surface area contributed by atoms with E-state index in [-0.39, 0.29) is 0 Å². The van der Waals surface area contributed by atoms with E-state index in [0.29, 0.717) is 30.9 Å². The molecule has 0 atom stereocenters. The van der Waals surface area contributed by atoms with E-state index in [0.717, 1.165) is 61.4 Å². The van der Waals surface area contributed by atoms with Gasteiger partial charge in [-0.2, -0.15) is 15.0 Å². The molecule has 3 aromatic heterocycles. The van der Waals surface area contributed by atoms with Crippen LogP contribution in [-0.4, -0.2) is 87.4 Å². The zero-order valence-corrected chi connectivity index (χ0v) is 19.7. The number of rotatable bonds is 9. The molecule has 1 aromatic carbocycles. The molecule has 0 saturated carbocycles. The van der Waals surface area contributed by atoms with Gasteiger partial charge in [0.2, 0.25) is 11.9 Å². The number of morpholine rings is 1. The van der Waals surface area contributed by atoms with Gasteiger partial charge < -0.3 is 19.9 Å². The first kappa shape index (κ1) is 22.5. The van der Waals surface area contributed by atoms with E-state index in [9.17, 15) is 0 Å². The first-order chi connectivity index (χ1) is 16.7. The van der Waals surface area contributed by atoms with E-state index in [1.807, 2.05) is 23.0 Å². The summed E-state index contributed by atoms with van der Waals surface area (Å²) < 4.78 is 7.42. The Morgan fingerprint density at radius 2 is 1.97 bits per heavy atom. The molecule has 1 aliphatic heterocycles. The normalized spacial score (nSPS) is 14.4. The summed E-state index contributed by atoms with van der Waals surface area (Å²) >= 11 is 0. The van der Waals surface area contributed by atoms with Crippen molar-refractivity contribution in [1.82, 2.24) is 39.7 Å². The molecule has 1 saturated heterocycles. The van der Waals surface area contributed by atoms with Gasteiger partial charge in [-0.25, -0.2) is 4.98 Å². The van der Waals surface area contributed by atoms with Gasteiger partial charge >= 0.3 is 0 Å². The van der Waals surface area contributed by atoms with Gasteiger partial charge in [-0.1, -0.05) is 19.1 Å². The van der Waals surface area contributed by atoms with E-state index in [1.54, 1.807) is 6.33 Å². The van der Waals surface area contributed by atoms with E-state index in [1.165, 1.54) is 0 Å². The summed E-state index contributed by atoms with van der Waals surface area (Å²) in [5, 5.41) is 4.44. The highest BCUT2D eigenvalue weighted by atomic mass is 16.5. The largest absolute Gasteiger partial charge is 0.378 e. The van der Waals surface area contributed by atoms with Gasteiger partial charge in [0.1, 0.15) is 6.33 Å². The fourth-order valence-corrected chi connectivity index (χ4v) is 4.13. The third kappa shape index (κ3) is 4.93. The van der Waals surface area contributed by atoms with Crippen LogP contribution in [0.4, 0.5) is 5.95 Å². The Morgan fingerprint density at radius 1 is 1.12 bits per heavy atom. The minimum Gasteiger partial charge on any atom is -0.378 e. The maximum absolute atomic E-state index is 5.53. The van der Waals surface area contributed by atoms with Gasteiger partial charge in [-0.3, -0.25) is 9.47 Å². The van der Waals surface area contributed by atoms with Crippen molar-refractivity contribution in [2.24, 2.45) is 0 Å². The third-order valence-corrected chi connectivity index (χ3v) is 5.96. The molecule has 0 aliphatic carbocycles. The maximum Gasteiger partial charge on any atom is 0.240 e. The van der Waals surface area contributed by atoms with Gasteiger partial charge in [0.05, 0.1) is 18.9 Å². The van der Waals surface area contributed by atoms with Crippen LogP contribution in [0.2, 0.25) is 0 Å². The number of hydrogen-bond donors (Lipinski definition) is 2. The molecular formula is C24H31N9O. The Balaban J connectivity index is 1.48. The topological polar surface area (TPSA) is 100 Å². The second kappa shape index (κ2) is 10.3. The van der Waals surface area contributed by atoms with Crippen LogP contribution in [-0.2, 0) is 11.3 Å². The van der Waals surface area contributed by atoms with Crippen molar-refractivity contribution in [3.05, 3.63) is 48.7 Å². The highest BCUT2D eigenvalue weighted by Crippen LogP contribution is 2.27. The van der Waals surface area contributed by atoms with Gasteiger partial charge in [0.25, 0.3) is 0 Å². The maximum atomic E-state index is 5.53. The number of fused-ring (bicyclic) bond motifs is 1. The number of nitrogens with one attached hydrogen (secondary N) is 2. The lowest BCUT2D eigenvalue weighted by molar-refractivity contribution is 0.122. The number of hydrogen-bond acceptors (Lipinski definition) is 8. The molecule has 178 valence electrons. The molecule has 0 radical (unpaired) electrons. The summed E-state index contributed by atoms with van der Waals surface area (Å²) in [7, 11) is 2.10. The van der Waals surface area contributed by atoms with Crippen LogP contribution in [0.1, 0.15) is 12.6 Å². The van der Waals surface area contributed by atoms with Crippen LogP contribution < -0.4 is 10.2 Å². The van der Waals surface area contributed by atoms with Crippen LogP contribution in [0.3, 0.4) is 0 Å². The molecule has 34 heavy (non-hydrogen) atoms. The molecule has 1 fully saturated rings. The number of likely N-dealkylation sites (N-methyl/N-ethyl adjacent to an activating group) is 2. The molecular weight excluding hydrogens is 430 g/mol. The smallest absolute Gasteiger partial charge is 0.240 e. The number of nitrogens with zero attached hydrogens (tertiary/aromatic N) is 7. The fourth-order valence-electron chi connectivity index (χ4n) is 4.13. The number of aromatic amines is 1. The summed E-state index contributed by atoms with van der Waals surface area (Å²) in [5.41, 5.74) is 3.00. The van der Waals surface area contributed by atoms with Crippen LogP contribution in [0.15, 0.2) is 43.0 Å². The van der Waals surface area contributed by atoms with Crippen molar-refractivity contribution >= 4 is 16.9 Å². The zero-order chi connectivity index (χ0) is 23.3. The second-order valence-electron chi connectivity index (χ2n) is 8.47. The average Bonchev–Trinajstić information content (AvgIpc) is 3.54. The van der Waals surface area contributed by atoms with Gasteiger partial charge in [0.15, 0.2) is 5.82 Å². The minimum absolute atomic E-state index is 0.563. The van der Waals surface area contributed by atoms with Crippen molar-refractivity contribution in [3.63, 3.8) is 0 Å². The van der Waals surface area contributed by atoms with Crippen molar-refractivity contribution in [3.8, 4) is 17.3 Å². The summed E-state index contributed by atoms with van der Waals surface area (Å²) in [4.78, 5) is 26.8. The molecule has 0 amide bonds. The standard InChI is InChI=1S/C24H31N9O/c1-3-25-9-10-31(2)15-18-16-33(17-27-18)24-29-22(20-5-4-6-21-19(20)7-8-26-21)28-23(30-24)32-11-13-34-14-12-32/h4-8,16-17,25-26H,3,9-15H2,1-2H3.